The van der Waals surface area contributed by atoms with Crippen LogP contribution in [-0.4, -0.2) is 22.9 Å². The van der Waals surface area contributed by atoms with Crippen LogP contribution >= 0.6 is 22.9 Å². The Bertz CT molecular complexity index is 790. The van der Waals surface area contributed by atoms with Gasteiger partial charge in [-0.1, -0.05) is 11.6 Å². The maximum atomic E-state index is 11.0. The highest BCUT2D eigenvalue weighted by Gasteiger charge is 2.19. The Hall–Kier alpha value is -1.75. The number of nitrogens with zero attached hydrogens (tertiary/aromatic N) is 2. The van der Waals surface area contributed by atoms with Gasteiger partial charge in [0.2, 0.25) is 0 Å². The van der Waals surface area contributed by atoms with Crippen molar-refractivity contribution in [3.63, 3.8) is 0 Å². The summed E-state index contributed by atoms with van der Waals surface area (Å²) in [6, 6.07) is 3.07. The number of hydrogen-bond acceptors (Lipinski definition) is 7. The van der Waals surface area contributed by atoms with Gasteiger partial charge in [0.15, 0.2) is 4.47 Å². The smallest absolute Gasteiger partial charge is 0.294 e. The maximum absolute atomic E-state index is 11.0. The Morgan fingerprint density at radius 1 is 1.48 bits per heavy atom. The molecule has 0 aliphatic heterocycles. The van der Waals surface area contributed by atoms with Crippen LogP contribution in [0.5, 0.6) is 0 Å². The molecule has 0 saturated heterocycles. The van der Waals surface area contributed by atoms with E-state index < -0.39 is 25.6 Å². The lowest BCUT2D eigenvalue weighted by atomic mass is 10.2. The van der Waals surface area contributed by atoms with Gasteiger partial charge < -0.3 is 5.32 Å². The minimum absolute atomic E-state index is 0.122. The van der Waals surface area contributed by atoms with Crippen molar-refractivity contribution in [3.05, 3.63) is 43.9 Å². The number of anilines is 1. The molecule has 0 bridgehead atoms. The molecule has 0 atom stereocenters. The van der Waals surface area contributed by atoms with E-state index in [1.807, 2.05) is 0 Å². The normalized spacial score (nSPS) is 11.3. The zero-order valence-corrected chi connectivity index (χ0v) is 12.6. The summed E-state index contributed by atoms with van der Waals surface area (Å²) in [5.74, 6) is 0. The molecule has 11 heteroatoms. The monoisotopic (exact) mass is 349 g/mol. The molecule has 0 fully saturated rings. The van der Waals surface area contributed by atoms with E-state index in [0.29, 0.717) is 4.47 Å². The highest BCUT2D eigenvalue weighted by molar-refractivity contribution is 7.85. The van der Waals surface area contributed by atoms with Crippen LogP contribution in [0.15, 0.2) is 29.3 Å². The van der Waals surface area contributed by atoms with Gasteiger partial charge in [-0.05, 0) is 12.1 Å². The molecular weight excluding hydrogens is 342 g/mol. The molecule has 2 rings (SSSR count). The molecule has 0 unspecified atom stereocenters. The highest BCUT2D eigenvalue weighted by atomic mass is 35.5. The summed E-state index contributed by atoms with van der Waals surface area (Å²) in [4.78, 5) is 14.3. The molecule has 0 spiro atoms. The van der Waals surface area contributed by atoms with E-state index in [4.69, 9.17) is 16.2 Å². The lowest BCUT2D eigenvalue weighted by Crippen LogP contribution is -2.04. The van der Waals surface area contributed by atoms with Gasteiger partial charge in [-0.2, -0.15) is 8.42 Å². The molecule has 112 valence electrons. The van der Waals surface area contributed by atoms with Crippen molar-refractivity contribution in [2.24, 2.45) is 0 Å². The predicted molar refractivity (Wildman–Crippen MR) is 77.4 cm³/mol. The van der Waals surface area contributed by atoms with Crippen molar-refractivity contribution in [2.75, 3.05) is 5.32 Å². The summed E-state index contributed by atoms with van der Waals surface area (Å²) in [5, 5.41) is 13.8. The van der Waals surface area contributed by atoms with Crippen LogP contribution in [0.4, 0.5) is 11.4 Å². The summed E-state index contributed by atoms with van der Waals surface area (Å²) in [5.41, 5.74) is -0.336. The van der Waals surface area contributed by atoms with Gasteiger partial charge in [0.1, 0.15) is 10.6 Å². The molecule has 0 aliphatic rings. The van der Waals surface area contributed by atoms with E-state index in [0.717, 1.165) is 17.0 Å². The molecule has 0 amide bonds. The first-order valence-electron chi connectivity index (χ1n) is 5.37. The van der Waals surface area contributed by atoms with Crippen molar-refractivity contribution in [3.8, 4) is 0 Å². The first-order chi connectivity index (χ1) is 9.77. The van der Waals surface area contributed by atoms with Crippen molar-refractivity contribution < 1.29 is 17.9 Å². The number of rotatable bonds is 5. The van der Waals surface area contributed by atoms with E-state index >= 15 is 0 Å². The summed E-state index contributed by atoms with van der Waals surface area (Å²) in [6.45, 7) is 0.246. The van der Waals surface area contributed by atoms with Crippen LogP contribution < -0.4 is 5.32 Å². The van der Waals surface area contributed by atoms with Crippen LogP contribution in [0.1, 0.15) is 4.88 Å². The lowest BCUT2D eigenvalue weighted by Gasteiger charge is -2.06. The standard InChI is InChI=1S/C10H8ClN3O5S2/c11-10-13-5-6(20-10)4-12-8-2-1-7(21(17,18)19)3-9(8)14(15)16/h1-3,5,12H,4H2,(H,17,18,19). The number of nitro benzene ring substituents is 1. The van der Waals surface area contributed by atoms with Crippen molar-refractivity contribution in [1.82, 2.24) is 4.98 Å². The molecule has 2 N–H and O–H groups in total. The van der Waals surface area contributed by atoms with Gasteiger partial charge in [0.25, 0.3) is 15.8 Å². The fraction of sp³-hybridized carbons (Fsp3) is 0.100. The largest absolute Gasteiger partial charge is 0.375 e. The zero-order chi connectivity index (χ0) is 15.6. The molecule has 1 aromatic heterocycles. The number of thiazole rings is 1. The van der Waals surface area contributed by atoms with Gasteiger partial charge in [0.05, 0.1) is 11.5 Å². The van der Waals surface area contributed by atoms with Crippen LogP contribution in [0.25, 0.3) is 0 Å². The van der Waals surface area contributed by atoms with Gasteiger partial charge in [-0.15, -0.1) is 11.3 Å². The average Bonchev–Trinajstić information content (AvgIpc) is 2.80. The molecule has 21 heavy (non-hydrogen) atoms. The Morgan fingerprint density at radius 3 is 2.71 bits per heavy atom. The fourth-order valence-corrected chi connectivity index (χ4v) is 2.94. The third kappa shape index (κ3) is 3.88. The molecule has 0 saturated carbocycles. The number of benzene rings is 1. The highest BCUT2D eigenvalue weighted by Crippen LogP contribution is 2.28. The van der Waals surface area contributed by atoms with Crippen LogP contribution in [0, 0.1) is 10.1 Å². The number of nitrogens with one attached hydrogen (secondary N) is 1. The minimum Gasteiger partial charge on any atom is -0.375 e. The van der Waals surface area contributed by atoms with Gasteiger partial charge >= 0.3 is 0 Å². The summed E-state index contributed by atoms with van der Waals surface area (Å²) >= 11 is 6.89. The SMILES string of the molecule is O=[N+]([O-])c1cc(S(=O)(=O)O)ccc1NCc1cnc(Cl)s1. The summed E-state index contributed by atoms with van der Waals surface area (Å²) in [6.07, 6.45) is 1.53. The lowest BCUT2D eigenvalue weighted by molar-refractivity contribution is -0.384. The molecule has 0 aliphatic carbocycles. The Kier molecular flexibility index (Phi) is 4.42. The first-order valence-corrected chi connectivity index (χ1v) is 8.01. The molecule has 8 nitrogen and oxygen atoms in total. The van der Waals surface area contributed by atoms with E-state index in [1.54, 1.807) is 0 Å². The van der Waals surface area contributed by atoms with E-state index in [1.165, 1.54) is 23.6 Å². The second-order valence-electron chi connectivity index (χ2n) is 3.84. The van der Waals surface area contributed by atoms with Crippen LogP contribution in [0.3, 0.4) is 0 Å². The first kappa shape index (κ1) is 15.6. The predicted octanol–water partition coefficient (Wildman–Crippen LogP) is 2.56. The number of aromatic nitrogens is 1. The zero-order valence-electron chi connectivity index (χ0n) is 10.2. The summed E-state index contributed by atoms with van der Waals surface area (Å²) < 4.78 is 31.2. The summed E-state index contributed by atoms with van der Waals surface area (Å²) in [7, 11) is -4.50. The maximum Gasteiger partial charge on any atom is 0.294 e. The van der Waals surface area contributed by atoms with Crippen LogP contribution in [0.2, 0.25) is 4.47 Å². The fourth-order valence-electron chi connectivity index (χ4n) is 1.52. The second-order valence-corrected chi connectivity index (χ2v) is 6.96. The second kappa shape index (κ2) is 5.93. The quantitative estimate of drug-likeness (QED) is 0.483. The van der Waals surface area contributed by atoms with Gasteiger partial charge in [-0.3, -0.25) is 14.7 Å². The Morgan fingerprint density at radius 2 is 2.19 bits per heavy atom. The molecule has 1 heterocycles. The molecule has 0 radical (unpaired) electrons. The van der Waals surface area contributed by atoms with Crippen molar-refractivity contribution in [2.45, 2.75) is 11.4 Å². The van der Waals surface area contributed by atoms with Crippen molar-refractivity contribution >= 4 is 44.4 Å². The number of hydrogen-bond donors (Lipinski definition) is 2. The minimum atomic E-state index is -4.50. The van der Waals surface area contributed by atoms with Crippen molar-refractivity contribution in [1.29, 1.82) is 0 Å². The Labute approximate surface area is 128 Å². The number of halogens is 1. The van der Waals surface area contributed by atoms with Crippen LogP contribution in [-0.2, 0) is 16.7 Å². The van der Waals surface area contributed by atoms with Gasteiger partial charge in [-0.25, -0.2) is 4.98 Å². The van der Waals surface area contributed by atoms with E-state index in [2.05, 4.69) is 10.3 Å². The molecular formula is C10H8ClN3O5S2. The van der Waals surface area contributed by atoms with E-state index in [9.17, 15) is 18.5 Å². The third-order valence-electron chi connectivity index (χ3n) is 2.44. The molecule has 1 aromatic carbocycles. The molecule has 2 aromatic rings. The van der Waals surface area contributed by atoms with E-state index in [-0.39, 0.29) is 12.2 Å². The van der Waals surface area contributed by atoms with Gasteiger partial charge in [0, 0.05) is 17.1 Å². The number of nitro groups is 1. The third-order valence-corrected chi connectivity index (χ3v) is 4.41. The topological polar surface area (TPSA) is 122 Å². The Balaban J connectivity index is 2.28. The average molecular weight is 350 g/mol.